The number of phenolic OH excluding ortho intramolecular Hbond substituents is 1. The Bertz CT molecular complexity index is 698. The Balaban J connectivity index is 1.76. The molecule has 0 amide bonds. The Morgan fingerprint density at radius 3 is 2.63 bits per heavy atom. The molecule has 0 atom stereocenters. The number of phenols is 1. The van der Waals surface area contributed by atoms with E-state index in [1.807, 2.05) is 0 Å². The molecule has 2 aromatic carbocycles. The van der Waals surface area contributed by atoms with E-state index in [2.05, 4.69) is 36.2 Å². The number of benzene rings is 2. The average Bonchev–Trinajstić information content (AvgIpc) is 2.80. The first-order chi connectivity index (χ1) is 9.20. The Labute approximate surface area is 111 Å². The van der Waals surface area contributed by atoms with Crippen LogP contribution in [0.2, 0.25) is 0 Å². The molecule has 1 aromatic heterocycles. The first-order valence-electron chi connectivity index (χ1n) is 6.35. The summed E-state index contributed by atoms with van der Waals surface area (Å²) in [6, 6.07) is 13.4. The predicted molar refractivity (Wildman–Crippen MR) is 74.3 cm³/mol. The van der Waals surface area contributed by atoms with Gasteiger partial charge < -0.3 is 9.52 Å². The third-order valence-corrected chi connectivity index (χ3v) is 3.16. The van der Waals surface area contributed by atoms with Crippen molar-refractivity contribution in [3.05, 3.63) is 59.5 Å². The molecule has 0 radical (unpaired) electrons. The van der Waals surface area contributed by atoms with E-state index in [9.17, 15) is 5.11 Å². The molecule has 0 unspecified atom stereocenters. The fourth-order valence-electron chi connectivity index (χ4n) is 2.08. The zero-order valence-electron chi connectivity index (χ0n) is 10.8. The maximum atomic E-state index is 9.39. The van der Waals surface area contributed by atoms with Crippen molar-refractivity contribution in [3.8, 4) is 5.75 Å². The molecule has 0 aliphatic rings. The molecule has 3 heteroatoms. The lowest BCUT2D eigenvalue weighted by Crippen LogP contribution is -1.91. The van der Waals surface area contributed by atoms with E-state index in [1.54, 1.807) is 18.2 Å². The highest BCUT2D eigenvalue weighted by atomic mass is 16.3. The molecule has 19 heavy (non-hydrogen) atoms. The van der Waals surface area contributed by atoms with Crippen molar-refractivity contribution in [2.24, 2.45) is 0 Å². The van der Waals surface area contributed by atoms with Crippen LogP contribution >= 0.6 is 0 Å². The fourth-order valence-corrected chi connectivity index (χ4v) is 2.08. The molecular formula is C16H15NO2. The van der Waals surface area contributed by atoms with Gasteiger partial charge in [0.1, 0.15) is 11.3 Å². The van der Waals surface area contributed by atoms with Gasteiger partial charge in [-0.25, -0.2) is 4.98 Å². The van der Waals surface area contributed by atoms with E-state index in [0.717, 1.165) is 18.4 Å². The van der Waals surface area contributed by atoms with Gasteiger partial charge in [0.05, 0.1) is 0 Å². The second-order valence-corrected chi connectivity index (χ2v) is 4.75. The van der Waals surface area contributed by atoms with Crippen molar-refractivity contribution in [2.75, 3.05) is 0 Å². The summed E-state index contributed by atoms with van der Waals surface area (Å²) in [5.74, 6) is 0.923. The van der Waals surface area contributed by atoms with Crippen LogP contribution in [-0.2, 0) is 12.8 Å². The highest BCUT2D eigenvalue weighted by molar-refractivity contribution is 5.74. The maximum Gasteiger partial charge on any atom is 0.195 e. The van der Waals surface area contributed by atoms with Gasteiger partial charge in [0.25, 0.3) is 0 Å². The number of aryl methyl sites for hydroxylation is 3. The van der Waals surface area contributed by atoms with Crippen LogP contribution in [0.15, 0.2) is 46.9 Å². The van der Waals surface area contributed by atoms with Gasteiger partial charge in [-0.15, -0.1) is 0 Å². The molecule has 0 saturated heterocycles. The summed E-state index contributed by atoms with van der Waals surface area (Å²) in [4.78, 5) is 4.38. The van der Waals surface area contributed by atoms with Crippen molar-refractivity contribution in [1.82, 2.24) is 4.98 Å². The number of rotatable bonds is 3. The first-order valence-corrected chi connectivity index (χ1v) is 6.35. The standard InChI is InChI=1S/C16H15NO2/c1-11-2-4-12(5-3-11)6-9-16-17-14-10-13(18)7-8-15(14)19-16/h2-5,7-8,10,18H,6,9H2,1H3. The first kappa shape index (κ1) is 11.8. The summed E-state index contributed by atoms with van der Waals surface area (Å²) in [6.07, 6.45) is 1.66. The number of oxazole rings is 1. The van der Waals surface area contributed by atoms with Crippen molar-refractivity contribution in [3.63, 3.8) is 0 Å². The lowest BCUT2D eigenvalue weighted by atomic mass is 10.1. The van der Waals surface area contributed by atoms with Crippen molar-refractivity contribution in [1.29, 1.82) is 0 Å². The fraction of sp³-hybridized carbons (Fsp3) is 0.188. The predicted octanol–water partition coefficient (Wildman–Crippen LogP) is 3.63. The quantitative estimate of drug-likeness (QED) is 0.775. The SMILES string of the molecule is Cc1ccc(CCc2nc3cc(O)ccc3o2)cc1. The molecule has 3 aromatic rings. The monoisotopic (exact) mass is 253 g/mol. The molecule has 1 N–H and O–H groups in total. The van der Waals surface area contributed by atoms with E-state index < -0.39 is 0 Å². The lowest BCUT2D eigenvalue weighted by molar-refractivity contribution is 0.475. The summed E-state index contributed by atoms with van der Waals surface area (Å²) in [7, 11) is 0. The summed E-state index contributed by atoms with van der Waals surface area (Å²) >= 11 is 0. The van der Waals surface area contributed by atoms with Crippen LogP contribution in [0.25, 0.3) is 11.1 Å². The zero-order valence-corrected chi connectivity index (χ0v) is 10.8. The van der Waals surface area contributed by atoms with E-state index in [0.29, 0.717) is 11.4 Å². The second-order valence-electron chi connectivity index (χ2n) is 4.75. The van der Waals surface area contributed by atoms with Crippen LogP contribution in [0.1, 0.15) is 17.0 Å². The zero-order chi connectivity index (χ0) is 13.2. The minimum atomic E-state index is 0.214. The average molecular weight is 253 g/mol. The largest absolute Gasteiger partial charge is 0.508 e. The third-order valence-electron chi connectivity index (χ3n) is 3.16. The molecule has 96 valence electrons. The number of hydrogen-bond acceptors (Lipinski definition) is 3. The summed E-state index contributed by atoms with van der Waals surface area (Å²) in [5.41, 5.74) is 3.97. The van der Waals surface area contributed by atoms with Gasteiger partial charge in [0, 0.05) is 12.5 Å². The number of hydrogen-bond donors (Lipinski definition) is 1. The van der Waals surface area contributed by atoms with Crippen LogP contribution in [0.5, 0.6) is 5.75 Å². The van der Waals surface area contributed by atoms with Crippen molar-refractivity contribution in [2.45, 2.75) is 19.8 Å². The Morgan fingerprint density at radius 1 is 1.05 bits per heavy atom. The Morgan fingerprint density at radius 2 is 1.84 bits per heavy atom. The molecule has 0 aliphatic heterocycles. The van der Waals surface area contributed by atoms with Crippen LogP contribution in [0.3, 0.4) is 0 Å². The number of aromatic hydroxyl groups is 1. The molecule has 0 spiro atoms. The van der Waals surface area contributed by atoms with Crippen LogP contribution in [0, 0.1) is 6.92 Å². The minimum absolute atomic E-state index is 0.214. The number of nitrogens with zero attached hydrogens (tertiary/aromatic N) is 1. The van der Waals surface area contributed by atoms with Gasteiger partial charge >= 0.3 is 0 Å². The summed E-state index contributed by atoms with van der Waals surface area (Å²) < 4.78 is 5.65. The molecule has 3 nitrogen and oxygen atoms in total. The molecule has 3 rings (SSSR count). The van der Waals surface area contributed by atoms with Crippen LogP contribution in [-0.4, -0.2) is 10.1 Å². The highest BCUT2D eigenvalue weighted by Gasteiger charge is 2.06. The molecule has 0 bridgehead atoms. The van der Waals surface area contributed by atoms with Gasteiger partial charge in [0.15, 0.2) is 11.5 Å². The molecular weight excluding hydrogens is 238 g/mol. The normalized spacial score (nSPS) is 11.0. The highest BCUT2D eigenvalue weighted by Crippen LogP contribution is 2.21. The van der Waals surface area contributed by atoms with E-state index >= 15 is 0 Å². The summed E-state index contributed by atoms with van der Waals surface area (Å²) in [6.45, 7) is 2.08. The third kappa shape index (κ3) is 2.60. The van der Waals surface area contributed by atoms with E-state index in [1.165, 1.54) is 11.1 Å². The van der Waals surface area contributed by atoms with Gasteiger partial charge in [-0.3, -0.25) is 0 Å². The van der Waals surface area contributed by atoms with Gasteiger partial charge in [-0.1, -0.05) is 29.8 Å². The van der Waals surface area contributed by atoms with Gasteiger partial charge in [-0.2, -0.15) is 0 Å². The van der Waals surface area contributed by atoms with E-state index in [4.69, 9.17) is 4.42 Å². The Hall–Kier alpha value is -2.29. The number of aromatic nitrogens is 1. The second kappa shape index (κ2) is 4.76. The van der Waals surface area contributed by atoms with Crippen LogP contribution in [0.4, 0.5) is 0 Å². The van der Waals surface area contributed by atoms with Gasteiger partial charge in [-0.05, 0) is 31.0 Å². The molecule has 0 saturated carbocycles. The van der Waals surface area contributed by atoms with Crippen molar-refractivity contribution < 1.29 is 9.52 Å². The van der Waals surface area contributed by atoms with Gasteiger partial charge in [0.2, 0.25) is 0 Å². The maximum absolute atomic E-state index is 9.39. The Kier molecular flexibility index (Phi) is 2.95. The smallest absolute Gasteiger partial charge is 0.195 e. The van der Waals surface area contributed by atoms with Crippen molar-refractivity contribution >= 4 is 11.1 Å². The topological polar surface area (TPSA) is 46.3 Å². The molecule has 1 heterocycles. The van der Waals surface area contributed by atoms with Crippen LogP contribution < -0.4 is 0 Å². The minimum Gasteiger partial charge on any atom is -0.508 e. The number of fused-ring (bicyclic) bond motifs is 1. The summed E-state index contributed by atoms with van der Waals surface area (Å²) in [5, 5.41) is 9.39. The van der Waals surface area contributed by atoms with E-state index in [-0.39, 0.29) is 5.75 Å². The molecule has 0 aliphatic carbocycles. The molecule has 0 fully saturated rings. The lowest BCUT2D eigenvalue weighted by Gasteiger charge is -1.99.